The molecule has 1 aliphatic rings. The van der Waals surface area contributed by atoms with E-state index in [9.17, 15) is 9.59 Å². The number of nitrogens with zero attached hydrogens (tertiary/aromatic N) is 3. The largest absolute Gasteiger partial charge is 0.340 e. The standard InChI is InChI=1S/C12H18N4O2/c1-7-9(6-15(5)14-7)16-8(2)10(17)13-12(3,4)11(16)18/h6,8H,1-5H3,(H,13,17). The van der Waals surface area contributed by atoms with Crippen molar-refractivity contribution < 1.29 is 9.59 Å². The molecule has 6 heteroatoms. The molecule has 0 bridgehead atoms. The molecule has 0 spiro atoms. The number of amides is 2. The van der Waals surface area contributed by atoms with E-state index in [-0.39, 0.29) is 11.8 Å². The second kappa shape index (κ2) is 3.83. The Bertz CT molecular complexity index is 518. The fraction of sp³-hybridized carbons (Fsp3) is 0.583. The Morgan fingerprint density at radius 1 is 1.39 bits per heavy atom. The van der Waals surface area contributed by atoms with Crippen molar-refractivity contribution in [3.63, 3.8) is 0 Å². The van der Waals surface area contributed by atoms with Gasteiger partial charge in [0.05, 0.1) is 11.4 Å². The molecular weight excluding hydrogens is 232 g/mol. The molecule has 1 aromatic heterocycles. The molecule has 1 unspecified atom stereocenters. The van der Waals surface area contributed by atoms with E-state index in [1.807, 2.05) is 6.92 Å². The van der Waals surface area contributed by atoms with Gasteiger partial charge >= 0.3 is 0 Å². The SMILES string of the molecule is Cc1nn(C)cc1N1C(=O)C(C)(C)NC(=O)C1C. The van der Waals surface area contributed by atoms with Crippen molar-refractivity contribution in [3.8, 4) is 0 Å². The van der Waals surface area contributed by atoms with Crippen LogP contribution in [0.4, 0.5) is 5.69 Å². The van der Waals surface area contributed by atoms with Gasteiger partial charge in [0.15, 0.2) is 0 Å². The van der Waals surface area contributed by atoms with Crippen LogP contribution in [0.1, 0.15) is 26.5 Å². The first-order valence-electron chi connectivity index (χ1n) is 5.90. The third kappa shape index (κ3) is 1.77. The van der Waals surface area contributed by atoms with Gasteiger partial charge in [-0.3, -0.25) is 19.2 Å². The van der Waals surface area contributed by atoms with Crippen LogP contribution in [0.15, 0.2) is 6.20 Å². The molecule has 0 radical (unpaired) electrons. The normalized spacial score (nSPS) is 23.2. The van der Waals surface area contributed by atoms with Crippen molar-refractivity contribution in [1.82, 2.24) is 15.1 Å². The lowest BCUT2D eigenvalue weighted by atomic mass is 9.97. The minimum atomic E-state index is -0.883. The van der Waals surface area contributed by atoms with Crippen molar-refractivity contribution >= 4 is 17.5 Å². The van der Waals surface area contributed by atoms with Crippen LogP contribution in [0.2, 0.25) is 0 Å². The van der Waals surface area contributed by atoms with Crippen LogP contribution < -0.4 is 10.2 Å². The number of rotatable bonds is 1. The molecule has 1 N–H and O–H groups in total. The van der Waals surface area contributed by atoms with E-state index in [1.54, 1.807) is 38.7 Å². The highest BCUT2D eigenvalue weighted by molar-refractivity contribution is 6.10. The Hall–Kier alpha value is -1.85. The molecule has 0 saturated carbocycles. The average Bonchev–Trinajstić information content (AvgIpc) is 2.55. The van der Waals surface area contributed by atoms with Crippen LogP contribution in [0, 0.1) is 6.92 Å². The Balaban J connectivity index is 2.50. The second-order valence-electron chi connectivity index (χ2n) is 5.24. The van der Waals surface area contributed by atoms with E-state index in [1.165, 1.54) is 4.90 Å². The van der Waals surface area contributed by atoms with Gasteiger partial charge in [-0.2, -0.15) is 5.10 Å². The fourth-order valence-corrected chi connectivity index (χ4v) is 2.20. The number of aromatic nitrogens is 2. The van der Waals surface area contributed by atoms with Crippen LogP contribution in [-0.2, 0) is 16.6 Å². The quantitative estimate of drug-likeness (QED) is 0.782. The second-order valence-corrected chi connectivity index (χ2v) is 5.24. The molecule has 2 amide bonds. The van der Waals surface area contributed by atoms with Gasteiger partial charge < -0.3 is 5.32 Å². The van der Waals surface area contributed by atoms with Crippen molar-refractivity contribution in [1.29, 1.82) is 0 Å². The van der Waals surface area contributed by atoms with Gasteiger partial charge in [-0.05, 0) is 27.7 Å². The Morgan fingerprint density at radius 2 is 2.00 bits per heavy atom. The molecular formula is C12H18N4O2. The van der Waals surface area contributed by atoms with Gasteiger partial charge in [0, 0.05) is 13.2 Å². The Morgan fingerprint density at radius 3 is 2.50 bits per heavy atom. The molecule has 1 aromatic rings. The molecule has 1 saturated heterocycles. The molecule has 18 heavy (non-hydrogen) atoms. The molecule has 0 aromatic carbocycles. The predicted octanol–water partition coefficient (Wildman–Crippen LogP) is 0.358. The summed E-state index contributed by atoms with van der Waals surface area (Å²) < 4.78 is 1.64. The number of aryl methyl sites for hydroxylation is 2. The zero-order valence-corrected chi connectivity index (χ0v) is 11.3. The van der Waals surface area contributed by atoms with Gasteiger partial charge in [-0.15, -0.1) is 0 Å². The van der Waals surface area contributed by atoms with Gasteiger partial charge in [0.25, 0.3) is 5.91 Å². The van der Waals surface area contributed by atoms with Gasteiger partial charge in [-0.1, -0.05) is 0 Å². The molecule has 0 aliphatic carbocycles. The number of anilines is 1. The summed E-state index contributed by atoms with van der Waals surface area (Å²) in [5.41, 5.74) is 0.549. The van der Waals surface area contributed by atoms with Crippen molar-refractivity contribution in [2.45, 2.75) is 39.3 Å². The Labute approximate surface area is 106 Å². The van der Waals surface area contributed by atoms with E-state index in [0.717, 1.165) is 5.69 Å². The number of hydrogen-bond acceptors (Lipinski definition) is 3. The highest BCUT2D eigenvalue weighted by Gasteiger charge is 2.44. The summed E-state index contributed by atoms with van der Waals surface area (Å²) in [6.07, 6.45) is 1.76. The van der Waals surface area contributed by atoms with E-state index in [4.69, 9.17) is 0 Å². The van der Waals surface area contributed by atoms with Crippen LogP contribution in [0.5, 0.6) is 0 Å². The molecule has 1 fully saturated rings. The molecule has 2 heterocycles. The first-order chi connectivity index (χ1) is 8.24. The monoisotopic (exact) mass is 250 g/mol. The smallest absolute Gasteiger partial charge is 0.252 e. The summed E-state index contributed by atoms with van der Waals surface area (Å²) >= 11 is 0. The molecule has 6 nitrogen and oxygen atoms in total. The van der Waals surface area contributed by atoms with E-state index in [2.05, 4.69) is 10.4 Å². The highest BCUT2D eigenvalue weighted by Crippen LogP contribution is 2.27. The summed E-state index contributed by atoms with van der Waals surface area (Å²) in [7, 11) is 1.79. The number of nitrogens with one attached hydrogen (secondary N) is 1. The zero-order valence-electron chi connectivity index (χ0n) is 11.3. The molecule has 1 aliphatic heterocycles. The lowest BCUT2D eigenvalue weighted by Gasteiger charge is -2.41. The summed E-state index contributed by atoms with van der Waals surface area (Å²) in [6.45, 7) is 6.96. The third-order valence-corrected chi connectivity index (χ3v) is 3.20. The average molecular weight is 250 g/mol. The van der Waals surface area contributed by atoms with E-state index >= 15 is 0 Å². The number of piperazine rings is 1. The maximum Gasteiger partial charge on any atom is 0.252 e. The predicted molar refractivity (Wildman–Crippen MR) is 67.1 cm³/mol. The van der Waals surface area contributed by atoms with Crippen LogP contribution in [-0.4, -0.2) is 33.2 Å². The number of carbonyl (C=O) groups is 2. The Kier molecular flexibility index (Phi) is 2.68. The zero-order chi connectivity index (χ0) is 13.7. The van der Waals surface area contributed by atoms with Crippen LogP contribution in [0.25, 0.3) is 0 Å². The molecule has 1 atom stereocenters. The number of carbonyl (C=O) groups excluding carboxylic acids is 2. The topological polar surface area (TPSA) is 67.2 Å². The number of hydrogen-bond donors (Lipinski definition) is 1. The summed E-state index contributed by atoms with van der Waals surface area (Å²) in [5.74, 6) is -0.270. The molecule has 98 valence electrons. The first kappa shape index (κ1) is 12.6. The van der Waals surface area contributed by atoms with Crippen LogP contribution in [0.3, 0.4) is 0 Å². The third-order valence-electron chi connectivity index (χ3n) is 3.20. The highest BCUT2D eigenvalue weighted by atomic mass is 16.2. The van der Waals surface area contributed by atoms with Gasteiger partial charge in [0.1, 0.15) is 11.6 Å². The molecule has 2 rings (SSSR count). The minimum Gasteiger partial charge on any atom is -0.340 e. The summed E-state index contributed by atoms with van der Waals surface area (Å²) in [6, 6.07) is -0.520. The fourth-order valence-electron chi connectivity index (χ4n) is 2.20. The van der Waals surface area contributed by atoms with E-state index < -0.39 is 11.6 Å². The van der Waals surface area contributed by atoms with E-state index in [0.29, 0.717) is 5.69 Å². The van der Waals surface area contributed by atoms with Crippen LogP contribution >= 0.6 is 0 Å². The van der Waals surface area contributed by atoms with Crippen molar-refractivity contribution in [2.75, 3.05) is 4.90 Å². The maximum atomic E-state index is 12.4. The first-order valence-corrected chi connectivity index (χ1v) is 5.90. The van der Waals surface area contributed by atoms with Gasteiger partial charge in [0.2, 0.25) is 5.91 Å². The van der Waals surface area contributed by atoms with Crippen molar-refractivity contribution in [2.24, 2.45) is 7.05 Å². The lowest BCUT2D eigenvalue weighted by molar-refractivity contribution is -0.136. The minimum absolute atomic E-state index is 0.120. The maximum absolute atomic E-state index is 12.4. The lowest BCUT2D eigenvalue weighted by Crippen LogP contribution is -2.67. The summed E-state index contributed by atoms with van der Waals surface area (Å²) in [4.78, 5) is 25.9. The summed E-state index contributed by atoms with van der Waals surface area (Å²) in [5, 5.41) is 6.94. The van der Waals surface area contributed by atoms with Crippen molar-refractivity contribution in [3.05, 3.63) is 11.9 Å². The van der Waals surface area contributed by atoms with Gasteiger partial charge in [-0.25, -0.2) is 0 Å².